The molecule has 2 aromatic carbocycles. The van der Waals surface area contributed by atoms with Crippen LogP contribution in [0.15, 0.2) is 47.5 Å². The van der Waals surface area contributed by atoms with Crippen molar-refractivity contribution < 1.29 is 18.3 Å². The Morgan fingerprint density at radius 1 is 1.07 bits per heavy atom. The van der Waals surface area contributed by atoms with Crippen LogP contribution in [-0.2, 0) is 19.3 Å². The van der Waals surface area contributed by atoms with Gasteiger partial charge in [0, 0.05) is 16.1 Å². The highest BCUT2D eigenvalue weighted by Gasteiger charge is 2.33. The van der Waals surface area contributed by atoms with Gasteiger partial charge in [-0.1, -0.05) is 29.8 Å². The average Bonchev–Trinajstić information content (AvgIpc) is 2.98. The van der Waals surface area contributed by atoms with E-state index >= 15 is 0 Å². The third kappa shape index (κ3) is 3.00. The molecule has 0 unspecified atom stereocenters. The van der Waals surface area contributed by atoms with Crippen LogP contribution in [0.4, 0.5) is 13.2 Å². The zero-order chi connectivity index (χ0) is 19.2. The zero-order valence-corrected chi connectivity index (χ0v) is 14.5. The minimum atomic E-state index is -4.51. The molecule has 1 N–H and O–H groups in total. The molecule has 5 nitrogen and oxygen atoms in total. The lowest BCUT2D eigenvalue weighted by Crippen LogP contribution is -2.13. The van der Waals surface area contributed by atoms with E-state index in [1.165, 1.54) is 10.6 Å². The minimum absolute atomic E-state index is 0.0869. The average molecular weight is 393 g/mol. The Morgan fingerprint density at radius 2 is 1.85 bits per heavy atom. The van der Waals surface area contributed by atoms with Crippen LogP contribution in [0.3, 0.4) is 0 Å². The molecule has 3 aromatic rings. The summed E-state index contributed by atoms with van der Waals surface area (Å²) >= 11 is 6.27. The van der Waals surface area contributed by atoms with Gasteiger partial charge in [-0.15, -0.1) is 10.2 Å². The van der Waals surface area contributed by atoms with Gasteiger partial charge in [-0.3, -0.25) is 9.56 Å². The maximum atomic E-state index is 13.3. The monoisotopic (exact) mass is 392 g/mol. The third-order valence-corrected chi connectivity index (χ3v) is 4.60. The number of hydrogen-bond donors (Lipinski definition) is 1. The number of aliphatic imine (C=N–C) groups is 1. The van der Waals surface area contributed by atoms with E-state index in [-0.39, 0.29) is 17.9 Å². The highest BCUT2D eigenvalue weighted by molar-refractivity contribution is 6.35. The van der Waals surface area contributed by atoms with Crippen molar-refractivity contribution in [2.45, 2.75) is 19.3 Å². The number of nitrogens with zero attached hydrogens (tertiary/aromatic N) is 4. The van der Waals surface area contributed by atoms with Gasteiger partial charge < -0.3 is 5.11 Å². The van der Waals surface area contributed by atoms with Crippen LogP contribution >= 0.6 is 11.6 Å². The summed E-state index contributed by atoms with van der Waals surface area (Å²) in [5, 5.41) is 17.8. The van der Waals surface area contributed by atoms with Crippen molar-refractivity contribution in [1.82, 2.24) is 14.8 Å². The van der Waals surface area contributed by atoms with E-state index in [0.29, 0.717) is 27.8 Å². The van der Waals surface area contributed by atoms with Crippen LogP contribution in [-0.4, -0.2) is 25.6 Å². The third-order valence-electron chi connectivity index (χ3n) is 4.27. The molecular formula is C18H12ClF3N4O. The fourth-order valence-corrected chi connectivity index (χ4v) is 3.28. The van der Waals surface area contributed by atoms with Gasteiger partial charge in [0.05, 0.1) is 17.0 Å². The molecule has 4 rings (SSSR count). The van der Waals surface area contributed by atoms with Crippen LogP contribution in [0.25, 0.3) is 5.69 Å². The van der Waals surface area contributed by atoms with Gasteiger partial charge in [-0.2, -0.15) is 13.2 Å². The summed E-state index contributed by atoms with van der Waals surface area (Å²) in [7, 11) is 0. The van der Waals surface area contributed by atoms with Crippen LogP contribution < -0.4 is 0 Å². The largest absolute Gasteiger partial charge is 0.416 e. The summed E-state index contributed by atoms with van der Waals surface area (Å²) in [4.78, 5) is 4.47. The number of aliphatic hydroxyl groups excluding tert-OH is 1. The number of fused-ring (bicyclic) bond motifs is 3. The second-order valence-corrected chi connectivity index (χ2v) is 6.31. The molecule has 1 aliphatic heterocycles. The Kier molecular flexibility index (Phi) is 4.24. The Labute approximate surface area is 156 Å². The predicted molar refractivity (Wildman–Crippen MR) is 93.1 cm³/mol. The van der Waals surface area contributed by atoms with Gasteiger partial charge in [-0.25, -0.2) is 0 Å². The lowest BCUT2D eigenvalue weighted by atomic mass is 9.98. The van der Waals surface area contributed by atoms with Gasteiger partial charge in [0.2, 0.25) is 0 Å². The molecule has 0 saturated heterocycles. The van der Waals surface area contributed by atoms with Crippen molar-refractivity contribution in [1.29, 1.82) is 0 Å². The second-order valence-electron chi connectivity index (χ2n) is 5.90. The first kappa shape index (κ1) is 17.7. The van der Waals surface area contributed by atoms with Crippen molar-refractivity contribution >= 4 is 17.3 Å². The van der Waals surface area contributed by atoms with Crippen molar-refractivity contribution in [3.05, 3.63) is 75.8 Å². The molecule has 0 aliphatic carbocycles. The van der Waals surface area contributed by atoms with Crippen molar-refractivity contribution in [2.24, 2.45) is 4.99 Å². The molecule has 0 bridgehead atoms. The SMILES string of the molecule is OCc1nnc2n1-c1ccc(C(F)(F)F)cc1C(c1ccccc1Cl)=NC2. The predicted octanol–water partition coefficient (Wildman–Crippen LogP) is 3.78. The fourth-order valence-electron chi connectivity index (χ4n) is 3.05. The summed E-state index contributed by atoms with van der Waals surface area (Å²) in [6.07, 6.45) is -4.51. The lowest BCUT2D eigenvalue weighted by Gasteiger charge is -2.16. The van der Waals surface area contributed by atoms with E-state index in [1.807, 2.05) is 0 Å². The first-order valence-electron chi connectivity index (χ1n) is 7.95. The Morgan fingerprint density at radius 3 is 2.56 bits per heavy atom. The summed E-state index contributed by atoms with van der Waals surface area (Å²) in [5.74, 6) is 0.642. The summed E-state index contributed by atoms with van der Waals surface area (Å²) in [6, 6.07) is 10.2. The summed E-state index contributed by atoms with van der Waals surface area (Å²) < 4.78 is 41.5. The smallest absolute Gasteiger partial charge is 0.388 e. The number of aliphatic hydroxyl groups is 1. The van der Waals surface area contributed by atoms with Crippen LogP contribution in [0, 0.1) is 0 Å². The minimum Gasteiger partial charge on any atom is -0.388 e. The first-order valence-corrected chi connectivity index (χ1v) is 8.33. The van der Waals surface area contributed by atoms with Crippen LogP contribution in [0.1, 0.15) is 28.3 Å². The number of benzene rings is 2. The quantitative estimate of drug-likeness (QED) is 0.722. The summed E-state index contributed by atoms with van der Waals surface area (Å²) in [5.41, 5.74) is 0.692. The molecule has 27 heavy (non-hydrogen) atoms. The highest BCUT2D eigenvalue weighted by Crippen LogP contribution is 2.35. The number of hydrogen-bond acceptors (Lipinski definition) is 4. The van der Waals surface area contributed by atoms with E-state index in [9.17, 15) is 18.3 Å². The zero-order valence-electron chi connectivity index (χ0n) is 13.7. The maximum absolute atomic E-state index is 13.3. The van der Waals surface area contributed by atoms with Crippen molar-refractivity contribution in [2.75, 3.05) is 0 Å². The van der Waals surface area contributed by atoms with Crippen molar-refractivity contribution in [3.63, 3.8) is 0 Å². The van der Waals surface area contributed by atoms with Gasteiger partial charge >= 0.3 is 6.18 Å². The van der Waals surface area contributed by atoms with Gasteiger partial charge in [-0.05, 0) is 24.3 Å². The second kappa shape index (κ2) is 6.47. The molecule has 0 amide bonds. The number of alkyl halides is 3. The molecule has 1 aliphatic rings. The molecule has 0 saturated carbocycles. The van der Waals surface area contributed by atoms with E-state index in [4.69, 9.17) is 11.6 Å². The van der Waals surface area contributed by atoms with Crippen LogP contribution in [0.5, 0.6) is 0 Å². The molecule has 0 atom stereocenters. The highest BCUT2D eigenvalue weighted by atomic mass is 35.5. The maximum Gasteiger partial charge on any atom is 0.416 e. The van der Waals surface area contributed by atoms with E-state index in [0.717, 1.165) is 12.1 Å². The Bertz CT molecular complexity index is 1060. The molecule has 2 heterocycles. The van der Waals surface area contributed by atoms with Gasteiger partial charge in [0.25, 0.3) is 0 Å². The molecular weight excluding hydrogens is 381 g/mol. The van der Waals surface area contributed by atoms with Gasteiger partial charge in [0.15, 0.2) is 11.6 Å². The van der Waals surface area contributed by atoms with Crippen LogP contribution in [0.2, 0.25) is 5.02 Å². The molecule has 0 fully saturated rings. The van der Waals surface area contributed by atoms with E-state index < -0.39 is 18.3 Å². The molecule has 9 heteroatoms. The Balaban J connectivity index is 2.02. The normalized spacial score (nSPS) is 13.6. The number of halogens is 4. The molecule has 0 spiro atoms. The molecule has 0 radical (unpaired) electrons. The lowest BCUT2D eigenvalue weighted by molar-refractivity contribution is -0.137. The fraction of sp³-hybridized carbons (Fsp3) is 0.167. The van der Waals surface area contributed by atoms with Crippen molar-refractivity contribution in [3.8, 4) is 5.69 Å². The molecule has 1 aromatic heterocycles. The number of rotatable bonds is 2. The van der Waals surface area contributed by atoms with E-state index in [1.54, 1.807) is 24.3 Å². The Hall–Kier alpha value is -2.71. The topological polar surface area (TPSA) is 63.3 Å². The summed E-state index contributed by atoms with van der Waals surface area (Å²) in [6.45, 7) is -0.321. The van der Waals surface area contributed by atoms with Gasteiger partial charge in [0.1, 0.15) is 13.2 Å². The first-order chi connectivity index (χ1) is 12.9. The standard InChI is InChI=1S/C18H12ClF3N4O/c19-13-4-2-1-3-11(13)17-12-7-10(18(20,21)22)5-6-14(12)26-15(8-23-17)24-25-16(26)9-27/h1-7,27H,8-9H2. The molecule has 138 valence electrons. The number of aromatic nitrogens is 3. The van der Waals surface area contributed by atoms with E-state index in [2.05, 4.69) is 15.2 Å².